The standard InChI is InChI=1S/C26H28F6N8/c1-3-39(14-17-6-4-5-7-17)23-20(8-19(12-33)13-34-23)16-40(24-35-37-38(2)36-24)15-18-9-21(25(27,28)29)11-22(10-18)26(30,31)32/h8-11,13,17H,3-7,14-16H2,1-2H3. The highest BCUT2D eigenvalue weighted by Crippen LogP contribution is 2.37. The van der Waals surface area contributed by atoms with Gasteiger partial charge in [0.15, 0.2) is 0 Å². The fraction of sp³-hybridized carbons (Fsp3) is 0.500. The van der Waals surface area contributed by atoms with E-state index in [1.807, 2.05) is 13.0 Å². The Morgan fingerprint density at radius 1 is 0.975 bits per heavy atom. The lowest BCUT2D eigenvalue weighted by Gasteiger charge is -2.29. The van der Waals surface area contributed by atoms with Crippen LogP contribution in [0.4, 0.5) is 38.1 Å². The summed E-state index contributed by atoms with van der Waals surface area (Å²) in [6, 6.07) is 5.12. The van der Waals surface area contributed by atoms with E-state index >= 15 is 0 Å². The van der Waals surface area contributed by atoms with E-state index in [2.05, 4.69) is 25.3 Å². The molecule has 0 N–H and O–H groups in total. The van der Waals surface area contributed by atoms with Crippen LogP contribution in [0.5, 0.6) is 0 Å². The molecule has 1 fully saturated rings. The lowest BCUT2D eigenvalue weighted by atomic mass is 10.0. The molecule has 0 atom stereocenters. The van der Waals surface area contributed by atoms with Gasteiger partial charge in [-0.15, -0.1) is 5.10 Å². The van der Waals surface area contributed by atoms with Crippen LogP contribution in [0.1, 0.15) is 60.4 Å². The van der Waals surface area contributed by atoms with Gasteiger partial charge in [-0.25, -0.2) is 4.98 Å². The van der Waals surface area contributed by atoms with Gasteiger partial charge in [-0.1, -0.05) is 17.9 Å². The number of nitriles is 1. The molecule has 1 aliphatic carbocycles. The smallest absolute Gasteiger partial charge is 0.356 e. The predicted molar refractivity (Wildman–Crippen MR) is 134 cm³/mol. The summed E-state index contributed by atoms with van der Waals surface area (Å²) in [7, 11) is 1.49. The van der Waals surface area contributed by atoms with E-state index in [9.17, 15) is 31.6 Å². The zero-order chi connectivity index (χ0) is 29.1. The van der Waals surface area contributed by atoms with E-state index in [4.69, 9.17) is 0 Å². The molecular weight excluding hydrogens is 538 g/mol. The van der Waals surface area contributed by atoms with Crippen LogP contribution in [-0.4, -0.2) is 38.3 Å². The molecule has 214 valence electrons. The quantitative estimate of drug-likeness (QED) is 0.306. The van der Waals surface area contributed by atoms with Crippen molar-refractivity contribution in [2.45, 2.75) is 58.0 Å². The summed E-state index contributed by atoms with van der Waals surface area (Å²) in [4.78, 5) is 9.18. The summed E-state index contributed by atoms with van der Waals surface area (Å²) in [5.41, 5.74) is -2.23. The lowest BCUT2D eigenvalue weighted by molar-refractivity contribution is -0.143. The van der Waals surface area contributed by atoms with Crippen molar-refractivity contribution in [2.24, 2.45) is 13.0 Å². The van der Waals surface area contributed by atoms with Crippen LogP contribution in [0.2, 0.25) is 0 Å². The molecule has 8 nitrogen and oxygen atoms in total. The van der Waals surface area contributed by atoms with Crippen molar-refractivity contribution >= 4 is 11.8 Å². The lowest BCUT2D eigenvalue weighted by Crippen LogP contribution is -2.32. The molecule has 0 aliphatic heterocycles. The van der Waals surface area contributed by atoms with Crippen LogP contribution in [0.15, 0.2) is 30.5 Å². The maximum absolute atomic E-state index is 13.5. The Morgan fingerprint density at radius 3 is 2.15 bits per heavy atom. The third kappa shape index (κ3) is 7.00. The Labute approximate surface area is 227 Å². The molecule has 40 heavy (non-hydrogen) atoms. The van der Waals surface area contributed by atoms with E-state index in [0.717, 1.165) is 37.0 Å². The van der Waals surface area contributed by atoms with Gasteiger partial charge in [-0.2, -0.15) is 36.4 Å². The molecule has 0 radical (unpaired) electrons. The molecule has 0 unspecified atom stereocenters. The second kappa shape index (κ2) is 11.7. The number of nitrogens with zero attached hydrogens (tertiary/aromatic N) is 8. The first-order valence-electron chi connectivity index (χ1n) is 12.8. The van der Waals surface area contributed by atoms with Crippen molar-refractivity contribution in [3.05, 3.63) is 58.3 Å². The second-order valence-corrected chi connectivity index (χ2v) is 9.86. The Balaban J connectivity index is 1.75. The number of anilines is 2. The van der Waals surface area contributed by atoms with E-state index in [0.29, 0.717) is 36.0 Å². The summed E-state index contributed by atoms with van der Waals surface area (Å²) in [6.45, 7) is 2.91. The molecule has 0 saturated heterocycles. The SMILES string of the molecule is CCN(CC1CCCC1)c1ncc(C#N)cc1CN(Cc1cc(C(F)(F)F)cc(C(F)(F)F)c1)c1nnn(C)n1. The van der Waals surface area contributed by atoms with Crippen LogP contribution >= 0.6 is 0 Å². The molecule has 0 amide bonds. The molecule has 1 saturated carbocycles. The average molecular weight is 567 g/mol. The molecule has 3 aromatic rings. The Kier molecular flexibility index (Phi) is 8.51. The van der Waals surface area contributed by atoms with Gasteiger partial charge in [-0.3, -0.25) is 0 Å². The summed E-state index contributed by atoms with van der Waals surface area (Å²) in [5, 5.41) is 21.4. The zero-order valence-electron chi connectivity index (χ0n) is 22.0. The van der Waals surface area contributed by atoms with Gasteiger partial charge in [0, 0.05) is 31.4 Å². The van der Waals surface area contributed by atoms with E-state index in [1.165, 1.54) is 18.1 Å². The van der Waals surface area contributed by atoms with Crippen molar-refractivity contribution in [3.63, 3.8) is 0 Å². The molecule has 1 aromatic carbocycles. The summed E-state index contributed by atoms with van der Waals surface area (Å²) in [6.07, 6.45) is -4.03. The van der Waals surface area contributed by atoms with E-state index < -0.39 is 23.5 Å². The minimum Gasteiger partial charge on any atom is -0.356 e. The first-order chi connectivity index (χ1) is 18.9. The fourth-order valence-electron chi connectivity index (χ4n) is 4.97. The van der Waals surface area contributed by atoms with Gasteiger partial charge in [0.1, 0.15) is 11.9 Å². The molecule has 14 heteroatoms. The van der Waals surface area contributed by atoms with Gasteiger partial charge in [0.2, 0.25) is 0 Å². The highest BCUT2D eigenvalue weighted by atomic mass is 19.4. The maximum atomic E-state index is 13.5. The van der Waals surface area contributed by atoms with Gasteiger partial charge >= 0.3 is 12.4 Å². The molecular formula is C26H28F6N8. The third-order valence-corrected chi connectivity index (χ3v) is 6.87. The first kappa shape index (κ1) is 29.1. The number of aromatic nitrogens is 5. The van der Waals surface area contributed by atoms with Crippen molar-refractivity contribution < 1.29 is 26.3 Å². The minimum absolute atomic E-state index is 0.000576. The van der Waals surface area contributed by atoms with Crippen LogP contribution in [0.25, 0.3) is 0 Å². The van der Waals surface area contributed by atoms with Crippen molar-refractivity contribution in [3.8, 4) is 6.07 Å². The number of halogens is 6. The number of hydrogen-bond acceptors (Lipinski definition) is 7. The maximum Gasteiger partial charge on any atom is 0.416 e. The van der Waals surface area contributed by atoms with Gasteiger partial charge in [0.05, 0.1) is 30.3 Å². The normalized spacial score (nSPS) is 14.4. The summed E-state index contributed by atoms with van der Waals surface area (Å²) >= 11 is 0. The molecule has 1 aliphatic rings. The Bertz CT molecular complexity index is 1320. The topological polar surface area (TPSA) is 86.8 Å². The highest BCUT2D eigenvalue weighted by molar-refractivity contribution is 5.52. The number of pyridine rings is 1. The first-order valence-corrected chi connectivity index (χ1v) is 12.8. The summed E-state index contributed by atoms with van der Waals surface area (Å²) in [5.74, 6) is 1.07. The average Bonchev–Trinajstić information content (AvgIpc) is 3.57. The predicted octanol–water partition coefficient (Wildman–Crippen LogP) is 5.74. The van der Waals surface area contributed by atoms with Gasteiger partial charge < -0.3 is 9.80 Å². The van der Waals surface area contributed by atoms with Crippen molar-refractivity contribution in [2.75, 3.05) is 22.9 Å². The number of benzene rings is 1. The molecule has 4 rings (SSSR count). The van der Waals surface area contributed by atoms with Gasteiger partial charge in [-0.05, 0) is 60.7 Å². The van der Waals surface area contributed by atoms with Crippen molar-refractivity contribution in [1.29, 1.82) is 5.26 Å². The van der Waals surface area contributed by atoms with Crippen LogP contribution in [0, 0.1) is 17.2 Å². The summed E-state index contributed by atoms with van der Waals surface area (Å²) < 4.78 is 81.1. The number of hydrogen-bond donors (Lipinski definition) is 0. The van der Waals surface area contributed by atoms with Gasteiger partial charge in [0.25, 0.3) is 5.95 Å². The fourth-order valence-corrected chi connectivity index (χ4v) is 4.97. The molecule has 2 aromatic heterocycles. The van der Waals surface area contributed by atoms with E-state index in [-0.39, 0.29) is 36.2 Å². The number of alkyl halides is 6. The third-order valence-electron chi connectivity index (χ3n) is 6.87. The number of rotatable bonds is 9. The largest absolute Gasteiger partial charge is 0.416 e. The second-order valence-electron chi connectivity index (χ2n) is 9.86. The zero-order valence-corrected chi connectivity index (χ0v) is 22.0. The molecule has 0 spiro atoms. The number of aryl methyl sites for hydroxylation is 1. The van der Waals surface area contributed by atoms with Crippen LogP contribution < -0.4 is 9.80 Å². The van der Waals surface area contributed by atoms with Crippen LogP contribution in [0.3, 0.4) is 0 Å². The van der Waals surface area contributed by atoms with Crippen molar-refractivity contribution in [1.82, 2.24) is 25.2 Å². The minimum atomic E-state index is -4.98. The van der Waals surface area contributed by atoms with Crippen LogP contribution in [-0.2, 0) is 32.5 Å². The Hall–Kier alpha value is -3.89. The Morgan fingerprint density at radius 2 is 1.62 bits per heavy atom. The highest BCUT2D eigenvalue weighted by Gasteiger charge is 2.37. The molecule has 2 heterocycles. The molecule has 0 bridgehead atoms. The van der Waals surface area contributed by atoms with E-state index in [1.54, 1.807) is 6.07 Å². The number of tetrazole rings is 1. The monoisotopic (exact) mass is 566 g/mol.